The highest BCUT2D eigenvalue weighted by atomic mass is 16.1. The second-order valence-electron chi connectivity index (χ2n) is 6.53. The lowest BCUT2D eigenvalue weighted by molar-refractivity contribution is 0.0955. The number of nitrogens with one attached hydrogen (secondary N) is 1. The van der Waals surface area contributed by atoms with E-state index in [0.29, 0.717) is 6.54 Å². The molecule has 20 heavy (non-hydrogen) atoms. The van der Waals surface area contributed by atoms with Crippen LogP contribution in [0.2, 0.25) is 0 Å². The maximum atomic E-state index is 12.3. The van der Waals surface area contributed by atoms with E-state index < -0.39 is 0 Å². The summed E-state index contributed by atoms with van der Waals surface area (Å²) >= 11 is 0. The first-order valence-electron chi connectivity index (χ1n) is 7.51. The molecule has 1 aromatic rings. The molecule has 2 heteroatoms. The van der Waals surface area contributed by atoms with Crippen LogP contribution in [-0.2, 0) is 11.8 Å². The summed E-state index contributed by atoms with van der Waals surface area (Å²) in [5, 5.41) is 2.94. The summed E-state index contributed by atoms with van der Waals surface area (Å²) in [5.74, 6) is 0.0561. The number of rotatable bonds is 3. The van der Waals surface area contributed by atoms with Gasteiger partial charge in [0.15, 0.2) is 0 Å². The Morgan fingerprint density at radius 3 is 2.50 bits per heavy atom. The Bertz CT molecular complexity index is 562. The van der Waals surface area contributed by atoms with Crippen molar-refractivity contribution < 1.29 is 4.79 Å². The van der Waals surface area contributed by atoms with Gasteiger partial charge in [-0.3, -0.25) is 4.79 Å². The van der Waals surface area contributed by atoms with Crippen LogP contribution in [0.5, 0.6) is 0 Å². The van der Waals surface area contributed by atoms with Gasteiger partial charge in [0.1, 0.15) is 0 Å². The first-order chi connectivity index (χ1) is 9.36. The highest BCUT2D eigenvalue weighted by Gasteiger charge is 2.24. The molecular formula is C18H25NO. The molecule has 108 valence electrons. The third-order valence-corrected chi connectivity index (χ3v) is 3.95. The molecule has 0 aliphatic heterocycles. The Labute approximate surface area is 122 Å². The number of hydrogen-bond acceptors (Lipinski definition) is 1. The van der Waals surface area contributed by atoms with Crippen LogP contribution in [0.3, 0.4) is 0 Å². The van der Waals surface area contributed by atoms with Crippen LogP contribution in [0.1, 0.15) is 68.1 Å². The summed E-state index contributed by atoms with van der Waals surface area (Å²) in [5.41, 5.74) is 5.98. The molecule has 0 bridgehead atoms. The summed E-state index contributed by atoms with van der Waals surface area (Å²) < 4.78 is 0. The largest absolute Gasteiger partial charge is 0.352 e. The molecule has 2 rings (SSSR count). The van der Waals surface area contributed by atoms with Gasteiger partial charge in [0.05, 0.1) is 0 Å². The molecular weight excluding hydrogens is 246 g/mol. The van der Waals surface area contributed by atoms with Crippen molar-refractivity contribution in [1.82, 2.24) is 5.32 Å². The van der Waals surface area contributed by atoms with E-state index in [-0.39, 0.29) is 11.3 Å². The minimum atomic E-state index is 0.0546. The van der Waals surface area contributed by atoms with Crippen molar-refractivity contribution in [3.63, 3.8) is 0 Å². The van der Waals surface area contributed by atoms with Gasteiger partial charge in [0.25, 0.3) is 5.91 Å². The molecule has 0 heterocycles. The molecule has 0 saturated heterocycles. The number of fused-ring (bicyclic) bond motifs is 1. The van der Waals surface area contributed by atoms with E-state index in [4.69, 9.17) is 0 Å². The molecule has 0 spiro atoms. The van der Waals surface area contributed by atoms with Crippen LogP contribution in [-0.4, -0.2) is 12.5 Å². The third kappa shape index (κ3) is 2.79. The first kappa shape index (κ1) is 14.8. The van der Waals surface area contributed by atoms with Crippen molar-refractivity contribution in [3.05, 3.63) is 40.0 Å². The van der Waals surface area contributed by atoms with Gasteiger partial charge in [-0.15, -0.1) is 0 Å². The topological polar surface area (TPSA) is 29.1 Å². The first-order valence-corrected chi connectivity index (χ1v) is 7.51. The second-order valence-corrected chi connectivity index (χ2v) is 6.53. The Morgan fingerprint density at radius 1 is 1.25 bits per heavy atom. The lowest BCUT2D eigenvalue weighted by atomic mass is 9.83. The molecule has 0 aromatic heterocycles. The normalized spacial score (nSPS) is 13.9. The van der Waals surface area contributed by atoms with Gasteiger partial charge in [0, 0.05) is 12.1 Å². The molecule has 0 saturated carbocycles. The molecule has 2 nitrogen and oxygen atoms in total. The van der Waals surface area contributed by atoms with Gasteiger partial charge in [-0.25, -0.2) is 0 Å². The van der Waals surface area contributed by atoms with Crippen molar-refractivity contribution in [2.45, 2.75) is 52.9 Å². The zero-order chi connectivity index (χ0) is 14.9. The number of carbonyl (C=O) groups is 1. The molecule has 1 amide bonds. The molecule has 0 unspecified atom stereocenters. The van der Waals surface area contributed by atoms with Crippen LogP contribution >= 0.6 is 0 Å². The Hall–Kier alpha value is -1.57. The average molecular weight is 271 g/mol. The Kier molecular flexibility index (Phi) is 4.03. The Balaban J connectivity index is 2.54. The summed E-state index contributed by atoms with van der Waals surface area (Å²) in [7, 11) is 0. The van der Waals surface area contributed by atoms with Gasteiger partial charge in [-0.1, -0.05) is 45.4 Å². The third-order valence-electron chi connectivity index (χ3n) is 3.95. The van der Waals surface area contributed by atoms with Crippen LogP contribution in [0.4, 0.5) is 0 Å². The van der Waals surface area contributed by atoms with Gasteiger partial charge in [-0.05, 0) is 47.9 Å². The highest BCUT2D eigenvalue weighted by Crippen LogP contribution is 2.34. The molecule has 1 aliphatic rings. The molecule has 1 aromatic carbocycles. The van der Waals surface area contributed by atoms with Crippen molar-refractivity contribution >= 4 is 12.0 Å². The fourth-order valence-electron chi connectivity index (χ4n) is 2.64. The van der Waals surface area contributed by atoms with E-state index in [1.165, 1.54) is 22.3 Å². The van der Waals surface area contributed by atoms with Crippen molar-refractivity contribution in [3.8, 4) is 0 Å². The fourth-order valence-corrected chi connectivity index (χ4v) is 2.64. The number of hydrogen-bond donors (Lipinski definition) is 1. The summed E-state index contributed by atoms with van der Waals surface area (Å²) in [4.78, 5) is 12.3. The number of amides is 1. The van der Waals surface area contributed by atoms with E-state index >= 15 is 0 Å². The lowest BCUT2D eigenvalue weighted by Gasteiger charge is -2.22. The van der Waals surface area contributed by atoms with Gasteiger partial charge in [-0.2, -0.15) is 0 Å². The summed E-state index contributed by atoms with van der Waals surface area (Å²) in [6.45, 7) is 11.4. The van der Waals surface area contributed by atoms with Crippen LogP contribution in [0.15, 0.2) is 17.7 Å². The Morgan fingerprint density at radius 2 is 1.95 bits per heavy atom. The van der Waals surface area contributed by atoms with E-state index in [0.717, 1.165) is 18.4 Å². The molecule has 1 aliphatic carbocycles. The van der Waals surface area contributed by atoms with Crippen LogP contribution in [0, 0.1) is 0 Å². The molecule has 0 radical (unpaired) electrons. The summed E-state index contributed by atoms with van der Waals surface area (Å²) in [6.07, 6.45) is 4.23. The summed E-state index contributed by atoms with van der Waals surface area (Å²) in [6, 6.07) is 4.33. The van der Waals surface area contributed by atoms with E-state index in [9.17, 15) is 4.79 Å². The minimum absolute atomic E-state index is 0.0546. The quantitative estimate of drug-likeness (QED) is 0.881. The SMILES string of the molecule is CCNC(=O)c1cc(C(C)(C)C)cc2c1CC(CC)=C2. The fraction of sp³-hybridized carbons (Fsp3) is 0.500. The smallest absolute Gasteiger partial charge is 0.251 e. The van der Waals surface area contributed by atoms with E-state index in [1.54, 1.807) is 0 Å². The van der Waals surface area contributed by atoms with Crippen LogP contribution < -0.4 is 5.32 Å². The van der Waals surface area contributed by atoms with Gasteiger partial charge >= 0.3 is 0 Å². The monoisotopic (exact) mass is 271 g/mol. The zero-order valence-corrected chi connectivity index (χ0v) is 13.3. The van der Waals surface area contributed by atoms with Gasteiger partial charge < -0.3 is 5.32 Å². The zero-order valence-electron chi connectivity index (χ0n) is 13.3. The predicted molar refractivity (Wildman–Crippen MR) is 85.1 cm³/mol. The maximum Gasteiger partial charge on any atom is 0.251 e. The lowest BCUT2D eigenvalue weighted by Crippen LogP contribution is -2.25. The van der Waals surface area contributed by atoms with Crippen molar-refractivity contribution in [1.29, 1.82) is 0 Å². The molecule has 0 fully saturated rings. The minimum Gasteiger partial charge on any atom is -0.352 e. The molecule has 0 atom stereocenters. The van der Waals surface area contributed by atoms with E-state index in [2.05, 4.69) is 51.2 Å². The number of carbonyl (C=O) groups excluding carboxylic acids is 1. The molecule has 1 N–H and O–H groups in total. The van der Waals surface area contributed by atoms with Crippen molar-refractivity contribution in [2.75, 3.05) is 6.54 Å². The standard InChI is InChI=1S/C18H25NO/c1-6-12-8-13-10-14(18(3,4)5)11-16(15(13)9-12)17(20)19-7-2/h8,10-11H,6-7,9H2,1-5H3,(H,19,20). The van der Waals surface area contributed by atoms with Gasteiger partial charge in [0.2, 0.25) is 0 Å². The second kappa shape index (κ2) is 5.43. The maximum absolute atomic E-state index is 12.3. The highest BCUT2D eigenvalue weighted by molar-refractivity contribution is 5.97. The van der Waals surface area contributed by atoms with E-state index in [1.807, 2.05) is 6.92 Å². The number of benzene rings is 1. The van der Waals surface area contributed by atoms with Crippen molar-refractivity contribution in [2.24, 2.45) is 0 Å². The predicted octanol–water partition coefficient (Wildman–Crippen LogP) is 4.08. The average Bonchev–Trinajstić information content (AvgIpc) is 2.79. The number of allylic oxidation sites excluding steroid dienone is 1. The van der Waals surface area contributed by atoms with Crippen LogP contribution in [0.25, 0.3) is 6.08 Å².